The summed E-state index contributed by atoms with van der Waals surface area (Å²) in [5, 5.41) is 10.8. The molecule has 1 amide bonds. The van der Waals surface area contributed by atoms with Gasteiger partial charge in [0.25, 0.3) is 11.6 Å². The van der Waals surface area contributed by atoms with Gasteiger partial charge >= 0.3 is 0 Å². The number of carbonyl (C=O) groups excluding carboxylic acids is 1. The molecule has 0 fully saturated rings. The molecule has 0 unspecified atom stereocenters. The molecule has 0 heterocycles. The Labute approximate surface area is 131 Å². The van der Waals surface area contributed by atoms with Crippen LogP contribution in [0, 0.1) is 10.1 Å². The van der Waals surface area contributed by atoms with E-state index in [4.69, 9.17) is 9.47 Å². The second-order valence-corrected chi connectivity index (χ2v) is 5.05. The number of halogens is 1. The van der Waals surface area contributed by atoms with Gasteiger partial charge in [0.2, 0.25) is 0 Å². The van der Waals surface area contributed by atoms with Crippen molar-refractivity contribution >= 4 is 27.5 Å². The molecule has 1 aromatic carbocycles. The van der Waals surface area contributed by atoms with Gasteiger partial charge in [0, 0.05) is 43.9 Å². The molecule has 0 bridgehead atoms. The Kier molecular flexibility index (Phi) is 7.27. The third-order valence-electron chi connectivity index (χ3n) is 2.81. The van der Waals surface area contributed by atoms with Crippen molar-refractivity contribution < 1.29 is 19.2 Å². The molecule has 0 aromatic heterocycles. The number of carbonyl (C=O) groups is 1. The van der Waals surface area contributed by atoms with Gasteiger partial charge in [-0.2, -0.15) is 0 Å². The summed E-state index contributed by atoms with van der Waals surface area (Å²) in [4.78, 5) is 24.3. The highest BCUT2D eigenvalue weighted by atomic mass is 79.9. The Hall–Kier alpha value is -1.51. The predicted octanol–water partition coefficient (Wildman–Crippen LogP) is 2.09. The van der Waals surface area contributed by atoms with Crippen LogP contribution in [0.1, 0.15) is 10.4 Å². The SMILES string of the molecule is COCCN(CCOC)C(=O)c1cc([N+](=O)[O-])ccc1Br. The lowest BCUT2D eigenvalue weighted by atomic mass is 10.1. The third-order valence-corrected chi connectivity index (χ3v) is 3.50. The molecule has 8 heteroatoms. The number of non-ortho nitro benzene ring substituents is 1. The van der Waals surface area contributed by atoms with Crippen molar-refractivity contribution in [2.24, 2.45) is 0 Å². The normalized spacial score (nSPS) is 10.4. The molecule has 0 N–H and O–H groups in total. The molecule has 0 aliphatic rings. The second-order valence-electron chi connectivity index (χ2n) is 4.20. The van der Waals surface area contributed by atoms with Crippen molar-refractivity contribution in [3.8, 4) is 0 Å². The summed E-state index contributed by atoms with van der Waals surface area (Å²) in [6.07, 6.45) is 0. The standard InChI is InChI=1S/C13H17BrN2O5/c1-20-7-5-15(6-8-21-2)13(17)11-9-10(16(18)19)3-4-12(11)14/h3-4,9H,5-8H2,1-2H3. The van der Waals surface area contributed by atoms with E-state index in [1.165, 1.54) is 23.1 Å². The molecule has 7 nitrogen and oxygen atoms in total. The van der Waals surface area contributed by atoms with E-state index in [0.717, 1.165) is 0 Å². The molecule has 1 rings (SSSR count). The lowest BCUT2D eigenvalue weighted by Gasteiger charge is -2.22. The topological polar surface area (TPSA) is 81.9 Å². The number of nitro benzene ring substituents is 1. The summed E-state index contributed by atoms with van der Waals surface area (Å²) in [7, 11) is 3.09. The zero-order valence-electron chi connectivity index (χ0n) is 11.9. The van der Waals surface area contributed by atoms with Crippen LogP contribution in [0.25, 0.3) is 0 Å². The maximum atomic E-state index is 12.5. The zero-order valence-corrected chi connectivity index (χ0v) is 13.5. The average Bonchev–Trinajstić information content (AvgIpc) is 2.47. The molecular weight excluding hydrogens is 344 g/mol. The second kappa shape index (κ2) is 8.71. The van der Waals surface area contributed by atoms with Gasteiger partial charge in [0.15, 0.2) is 0 Å². The molecule has 0 atom stereocenters. The number of nitrogens with zero attached hydrogens (tertiary/aromatic N) is 2. The minimum atomic E-state index is -0.530. The first-order valence-electron chi connectivity index (χ1n) is 6.22. The zero-order chi connectivity index (χ0) is 15.8. The molecule has 0 aliphatic heterocycles. The number of hydrogen-bond acceptors (Lipinski definition) is 5. The van der Waals surface area contributed by atoms with E-state index in [1.807, 2.05) is 0 Å². The number of methoxy groups -OCH3 is 2. The fourth-order valence-electron chi connectivity index (χ4n) is 1.68. The van der Waals surface area contributed by atoms with Crippen molar-refractivity contribution in [1.29, 1.82) is 0 Å². The number of nitro groups is 1. The molecule has 0 aliphatic carbocycles. The minimum absolute atomic E-state index is 0.125. The Morgan fingerprint density at radius 3 is 2.33 bits per heavy atom. The Morgan fingerprint density at radius 2 is 1.86 bits per heavy atom. The van der Waals surface area contributed by atoms with Crippen LogP contribution in [-0.4, -0.2) is 56.3 Å². The Balaban J connectivity index is 3.00. The number of hydrogen-bond donors (Lipinski definition) is 0. The van der Waals surface area contributed by atoms with Gasteiger partial charge in [0.1, 0.15) is 0 Å². The number of rotatable bonds is 8. The van der Waals surface area contributed by atoms with Gasteiger partial charge in [-0.1, -0.05) is 0 Å². The molecule has 0 saturated heterocycles. The van der Waals surface area contributed by atoms with E-state index in [-0.39, 0.29) is 17.2 Å². The van der Waals surface area contributed by atoms with Crippen LogP contribution in [0.5, 0.6) is 0 Å². The lowest BCUT2D eigenvalue weighted by molar-refractivity contribution is -0.384. The summed E-state index contributed by atoms with van der Waals surface area (Å²) in [6, 6.07) is 4.10. The van der Waals surface area contributed by atoms with Gasteiger partial charge in [-0.15, -0.1) is 0 Å². The summed E-state index contributed by atoms with van der Waals surface area (Å²) < 4.78 is 10.5. The van der Waals surface area contributed by atoms with E-state index in [9.17, 15) is 14.9 Å². The maximum absolute atomic E-state index is 12.5. The van der Waals surface area contributed by atoms with Crippen molar-refractivity contribution in [2.45, 2.75) is 0 Å². The molecule has 0 radical (unpaired) electrons. The highest BCUT2D eigenvalue weighted by Gasteiger charge is 2.20. The van der Waals surface area contributed by atoms with Crippen molar-refractivity contribution in [3.05, 3.63) is 38.3 Å². The fourth-order valence-corrected chi connectivity index (χ4v) is 2.10. The third kappa shape index (κ3) is 5.07. The largest absolute Gasteiger partial charge is 0.383 e. The van der Waals surface area contributed by atoms with E-state index in [1.54, 1.807) is 14.2 Å². The number of benzene rings is 1. The van der Waals surface area contributed by atoms with Gasteiger partial charge in [-0.05, 0) is 22.0 Å². The van der Waals surface area contributed by atoms with Gasteiger partial charge in [-0.25, -0.2) is 0 Å². The van der Waals surface area contributed by atoms with Crippen LogP contribution in [-0.2, 0) is 9.47 Å². The molecule has 21 heavy (non-hydrogen) atoms. The van der Waals surface area contributed by atoms with Gasteiger partial charge in [-0.3, -0.25) is 14.9 Å². The summed E-state index contributed by atoms with van der Waals surface area (Å²) in [6.45, 7) is 1.52. The van der Waals surface area contributed by atoms with E-state index in [2.05, 4.69) is 15.9 Å². The molecule has 0 spiro atoms. The van der Waals surface area contributed by atoms with Crippen LogP contribution in [0.2, 0.25) is 0 Å². The minimum Gasteiger partial charge on any atom is -0.383 e. The Morgan fingerprint density at radius 1 is 1.29 bits per heavy atom. The Bertz CT molecular complexity index is 501. The first-order valence-corrected chi connectivity index (χ1v) is 7.01. The highest BCUT2D eigenvalue weighted by molar-refractivity contribution is 9.10. The van der Waals surface area contributed by atoms with Crippen molar-refractivity contribution in [1.82, 2.24) is 4.90 Å². The monoisotopic (exact) mass is 360 g/mol. The summed E-state index contributed by atoms with van der Waals surface area (Å²) in [5.41, 5.74) is 0.122. The first-order chi connectivity index (χ1) is 10.0. The number of ether oxygens (including phenoxy) is 2. The fraction of sp³-hybridized carbons (Fsp3) is 0.462. The predicted molar refractivity (Wildman–Crippen MR) is 80.5 cm³/mol. The average molecular weight is 361 g/mol. The van der Waals surface area contributed by atoms with Crippen LogP contribution >= 0.6 is 15.9 Å². The molecule has 0 saturated carbocycles. The molecular formula is C13H17BrN2O5. The smallest absolute Gasteiger partial charge is 0.270 e. The van der Waals surface area contributed by atoms with Crippen LogP contribution in [0.3, 0.4) is 0 Å². The van der Waals surface area contributed by atoms with Gasteiger partial charge < -0.3 is 14.4 Å². The maximum Gasteiger partial charge on any atom is 0.270 e. The van der Waals surface area contributed by atoms with Crippen LogP contribution in [0.15, 0.2) is 22.7 Å². The van der Waals surface area contributed by atoms with E-state index < -0.39 is 4.92 Å². The molecule has 116 valence electrons. The summed E-state index contributed by atoms with van der Waals surface area (Å²) >= 11 is 3.25. The van der Waals surface area contributed by atoms with Crippen molar-refractivity contribution in [3.63, 3.8) is 0 Å². The quantitative estimate of drug-likeness (QED) is 0.523. The lowest BCUT2D eigenvalue weighted by Crippen LogP contribution is -2.36. The van der Waals surface area contributed by atoms with Crippen molar-refractivity contribution in [2.75, 3.05) is 40.5 Å². The number of amides is 1. The van der Waals surface area contributed by atoms with Crippen LogP contribution < -0.4 is 0 Å². The van der Waals surface area contributed by atoms with Gasteiger partial charge in [0.05, 0.1) is 23.7 Å². The van der Waals surface area contributed by atoms with Crippen LogP contribution in [0.4, 0.5) is 5.69 Å². The first kappa shape index (κ1) is 17.5. The highest BCUT2D eigenvalue weighted by Crippen LogP contribution is 2.23. The van der Waals surface area contributed by atoms with E-state index >= 15 is 0 Å². The summed E-state index contributed by atoms with van der Waals surface area (Å²) in [5.74, 6) is -0.306. The molecule has 1 aromatic rings. The van der Waals surface area contributed by atoms with E-state index in [0.29, 0.717) is 30.8 Å².